The summed E-state index contributed by atoms with van der Waals surface area (Å²) >= 11 is 11.5. The van der Waals surface area contributed by atoms with E-state index >= 15 is 0 Å². The van der Waals surface area contributed by atoms with Crippen molar-refractivity contribution in [3.8, 4) is 0 Å². The Kier molecular flexibility index (Phi) is 7.13. The highest BCUT2D eigenvalue weighted by atomic mass is 35.5. The molecular weight excluding hydrogens is 337 g/mol. The molecule has 23 heavy (non-hydrogen) atoms. The molecule has 0 unspecified atom stereocenters. The molecule has 5 nitrogen and oxygen atoms in total. The summed E-state index contributed by atoms with van der Waals surface area (Å²) in [6, 6.07) is 6.68. The van der Waals surface area contributed by atoms with Gasteiger partial charge in [-0.15, -0.1) is 0 Å². The highest BCUT2D eigenvalue weighted by molar-refractivity contribution is 6.31. The Labute approximate surface area is 145 Å². The Hall–Kier alpha value is -1.98. The minimum atomic E-state index is -0.0596. The second-order valence-corrected chi connectivity index (χ2v) is 5.74. The third kappa shape index (κ3) is 6.34. The zero-order valence-electron chi connectivity index (χ0n) is 13.3. The molecule has 0 aliphatic rings. The van der Waals surface area contributed by atoms with Crippen LogP contribution in [0.4, 0.5) is 0 Å². The zero-order valence-corrected chi connectivity index (χ0v) is 14.8. The molecule has 122 valence electrons. The topological polar surface area (TPSA) is 75.4 Å². The molecule has 0 amide bonds. The molecule has 0 bridgehead atoms. The molecule has 0 atom stereocenters. The molecular formula is C16H17Cl2N3O2. The number of carbonyl (C=O) groups excluding carboxylic acids is 1. The SMILES string of the molecule is C/C(=N\O)c1cc(Cl)cc(C)n1.CC(=O)c1cc(Cl)cc(C)n1. The number of pyridine rings is 2. The second-order valence-electron chi connectivity index (χ2n) is 4.87. The summed E-state index contributed by atoms with van der Waals surface area (Å²) in [4.78, 5) is 19.0. The van der Waals surface area contributed by atoms with Crippen molar-refractivity contribution in [2.24, 2.45) is 5.16 Å². The number of oxime groups is 1. The Morgan fingerprint density at radius 2 is 1.39 bits per heavy atom. The highest BCUT2D eigenvalue weighted by Crippen LogP contribution is 2.12. The van der Waals surface area contributed by atoms with Gasteiger partial charge in [0.25, 0.3) is 0 Å². The number of Topliss-reactive ketones (excluding diaryl/α,β-unsaturated/α-hetero) is 1. The molecule has 0 saturated heterocycles. The monoisotopic (exact) mass is 353 g/mol. The van der Waals surface area contributed by atoms with Crippen LogP contribution in [0.15, 0.2) is 29.4 Å². The van der Waals surface area contributed by atoms with E-state index in [1.807, 2.05) is 6.92 Å². The number of halogens is 2. The van der Waals surface area contributed by atoms with Crippen molar-refractivity contribution in [1.82, 2.24) is 9.97 Å². The Morgan fingerprint density at radius 1 is 0.957 bits per heavy atom. The molecule has 2 heterocycles. The van der Waals surface area contributed by atoms with E-state index in [0.29, 0.717) is 27.1 Å². The third-order valence-electron chi connectivity index (χ3n) is 2.72. The zero-order chi connectivity index (χ0) is 17.6. The average molecular weight is 354 g/mol. The van der Waals surface area contributed by atoms with Gasteiger partial charge in [-0.05, 0) is 45.0 Å². The van der Waals surface area contributed by atoms with E-state index < -0.39 is 0 Å². The fourth-order valence-electron chi connectivity index (χ4n) is 1.67. The molecule has 2 rings (SSSR count). The summed E-state index contributed by atoms with van der Waals surface area (Å²) in [6.07, 6.45) is 0. The predicted octanol–water partition coefficient (Wildman–Crippen LogP) is 4.49. The van der Waals surface area contributed by atoms with E-state index in [1.165, 1.54) is 6.92 Å². The van der Waals surface area contributed by atoms with E-state index in [9.17, 15) is 4.79 Å². The van der Waals surface area contributed by atoms with Gasteiger partial charge in [0.2, 0.25) is 0 Å². The lowest BCUT2D eigenvalue weighted by Crippen LogP contribution is -1.99. The molecule has 0 saturated carbocycles. The van der Waals surface area contributed by atoms with E-state index in [4.69, 9.17) is 28.4 Å². The van der Waals surface area contributed by atoms with Gasteiger partial charge in [0.15, 0.2) is 5.78 Å². The number of aryl methyl sites for hydroxylation is 2. The molecule has 7 heteroatoms. The third-order valence-corrected chi connectivity index (χ3v) is 3.15. The maximum atomic E-state index is 10.8. The number of aromatic nitrogens is 2. The lowest BCUT2D eigenvalue weighted by Gasteiger charge is -1.99. The van der Waals surface area contributed by atoms with E-state index in [0.717, 1.165) is 11.4 Å². The largest absolute Gasteiger partial charge is 0.411 e. The molecule has 0 spiro atoms. The molecule has 0 aliphatic carbocycles. The summed E-state index contributed by atoms with van der Waals surface area (Å²) in [6.45, 7) is 6.77. The molecule has 0 aromatic carbocycles. The molecule has 0 radical (unpaired) electrons. The minimum Gasteiger partial charge on any atom is -0.411 e. The van der Waals surface area contributed by atoms with Crippen LogP contribution in [0.3, 0.4) is 0 Å². The Bertz CT molecular complexity index is 706. The number of ketones is 1. The van der Waals surface area contributed by atoms with Gasteiger partial charge in [-0.25, -0.2) is 4.98 Å². The van der Waals surface area contributed by atoms with Crippen molar-refractivity contribution in [3.05, 3.63) is 57.1 Å². The lowest BCUT2D eigenvalue weighted by atomic mass is 10.2. The van der Waals surface area contributed by atoms with Crippen LogP contribution in [0.1, 0.15) is 41.4 Å². The van der Waals surface area contributed by atoms with Gasteiger partial charge in [0.05, 0.1) is 5.69 Å². The van der Waals surface area contributed by atoms with Crippen molar-refractivity contribution in [2.75, 3.05) is 0 Å². The Morgan fingerprint density at radius 3 is 1.78 bits per heavy atom. The average Bonchev–Trinajstić information content (AvgIpc) is 2.45. The van der Waals surface area contributed by atoms with Gasteiger partial charge in [-0.3, -0.25) is 9.78 Å². The summed E-state index contributed by atoms with van der Waals surface area (Å²) in [5, 5.41) is 12.7. The number of hydrogen-bond donors (Lipinski definition) is 1. The van der Waals surface area contributed by atoms with Crippen LogP contribution in [-0.4, -0.2) is 26.7 Å². The van der Waals surface area contributed by atoms with E-state index in [1.54, 1.807) is 38.1 Å². The van der Waals surface area contributed by atoms with Gasteiger partial charge < -0.3 is 5.21 Å². The number of hydrogen-bond acceptors (Lipinski definition) is 5. The maximum Gasteiger partial charge on any atom is 0.178 e. The normalized spacial score (nSPS) is 10.8. The van der Waals surface area contributed by atoms with Crippen molar-refractivity contribution in [3.63, 3.8) is 0 Å². The second kappa shape index (κ2) is 8.60. The van der Waals surface area contributed by atoms with Crippen molar-refractivity contribution >= 4 is 34.7 Å². The van der Waals surface area contributed by atoms with Crippen LogP contribution >= 0.6 is 23.2 Å². The van der Waals surface area contributed by atoms with Gasteiger partial charge in [0.1, 0.15) is 11.4 Å². The first kappa shape index (κ1) is 19.1. The smallest absolute Gasteiger partial charge is 0.178 e. The first-order valence-corrected chi connectivity index (χ1v) is 7.47. The summed E-state index contributed by atoms with van der Waals surface area (Å²) in [7, 11) is 0. The summed E-state index contributed by atoms with van der Waals surface area (Å²) in [5.41, 5.74) is 3.06. The Balaban J connectivity index is 0.000000231. The molecule has 0 aliphatic heterocycles. The first-order chi connectivity index (χ1) is 10.7. The van der Waals surface area contributed by atoms with Gasteiger partial charge in [-0.1, -0.05) is 28.4 Å². The highest BCUT2D eigenvalue weighted by Gasteiger charge is 2.02. The van der Waals surface area contributed by atoms with Crippen LogP contribution in [0.2, 0.25) is 10.0 Å². The molecule has 1 N–H and O–H groups in total. The molecule has 0 fully saturated rings. The van der Waals surface area contributed by atoms with Crippen molar-refractivity contribution in [1.29, 1.82) is 0 Å². The first-order valence-electron chi connectivity index (χ1n) is 6.71. The summed E-state index contributed by atoms with van der Waals surface area (Å²) in [5.74, 6) is -0.0596. The van der Waals surface area contributed by atoms with Gasteiger partial charge in [0, 0.05) is 28.4 Å². The summed E-state index contributed by atoms with van der Waals surface area (Å²) < 4.78 is 0. The van der Waals surface area contributed by atoms with Crippen LogP contribution < -0.4 is 0 Å². The van der Waals surface area contributed by atoms with Crippen LogP contribution in [0.5, 0.6) is 0 Å². The fraction of sp³-hybridized carbons (Fsp3) is 0.250. The fourth-order valence-corrected chi connectivity index (χ4v) is 2.19. The quantitative estimate of drug-likeness (QED) is 0.373. The molecule has 2 aromatic rings. The minimum absolute atomic E-state index is 0.0596. The van der Waals surface area contributed by atoms with Crippen LogP contribution in [0.25, 0.3) is 0 Å². The van der Waals surface area contributed by atoms with Gasteiger partial charge >= 0.3 is 0 Å². The van der Waals surface area contributed by atoms with Crippen molar-refractivity contribution in [2.45, 2.75) is 27.7 Å². The van der Waals surface area contributed by atoms with E-state index in [-0.39, 0.29) is 5.78 Å². The van der Waals surface area contributed by atoms with Crippen LogP contribution in [0, 0.1) is 13.8 Å². The number of rotatable bonds is 2. The number of carbonyl (C=O) groups is 1. The standard InChI is InChI=1S/C8H9ClN2O.C8H8ClNO/c1-5-3-7(9)4-8(10-5)6(2)11-12;1-5-3-7(9)4-8(10-5)6(2)11/h3-4,12H,1-2H3;3-4H,1-2H3/b11-6+;. The number of nitrogens with zero attached hydrogens (tertiary/aromatic N) is 3. The van der Waals surface area contributed by atoms with Gasteiger partial charge in [-0.2, -0.15) is 0 Å². The lowest BCUT2D eigenvalue weighted by molar-refractivity contribution is 0.101. The van der Waals surface area contributed by atoms with E-state index in [2.05, 4.69) is 15.1 Å². The molecule has 2 aromatic heterocycles. The van der Waals surface area contributed by atoms with Crippen LogP contribution in [-0.2, 0) is 0 Å². The maximum absolute atomic E-state index is 10.8. The van der Waals surface area contributed by atoms with Crippen molar-refractivity contribution < 1.29 is 10.0 Å². The predicted molar refractivity (Wildman–Crippen MR) is 92.0 cm³/mol.